The van der Waals surface area contributed by atoms with Gasteiger partial charge in [-0.2, -0.15) is 5.10 Å². The third kappa shape index (κ3) is 2.54. The van der Waals surface area contributed by atoms with E-state index in [-0.39, 0.29) is 0 Å². The maximum absolute atomic E-state index is 5.84. The van der Waals surface area contributed by atoms with Gasteiger partial charge in [-0.1, -0.05) is 19.3 Å². The molecule has 0 aliphatic heterocycles. The van der Waals surface area contributed by atoms with Gasteiger partial charge in [-0.25, -0.2) is 0 Å². The third-order valence-corrected chi connectivity index (χ3v) is 4.42. The van der Waals surface area contributed by atoms with E-state index in [0.717, 1.165) is 23.8 Å². The summed E-state index contributed by atoms with van der Waals surface area (Å²) in [5.74, 6) is 1.75. The largest absolute Gasteiger partial charge is 0.493 e. The average Bonchev–Trinajstić information content (AvgIpc) is 3.23. The van der Waals surface area contributed by atoms with Gasteiger partial charge in [0.05, 0.1) is 18.2 Å². The van der Waals surface area contributed by atoms with E-state index in [4.69, 9.17) is 9.84 Å². The van der Waals surface area contributed by atoms with Crippen LogP contribution in [0.4, 0.5) is 0 Å². The molecule has 0 spiro atoms. The summed E-state index contributed by atoms with van der Waals surface area (Å²) in [5, 5.41) is 5.95. The standard InChI is InChI=1S/C17H21N2O/c1-2-4-15(5-3-1)19-11-14-8-9-16(10-17(14)18-19)20-12-13-6-7-13/h8-11,13H,1-7,12H2. The van der Waals surface area contributed by atoms with Crippen molar-refractivity contribution in [3.8, 4) is 5.75 Å². The molecule has 1 radical (unpaired) electrons. The molecular formula is C17H21N2O. The molecule has 2 aromatic rings. The van der Waals surface area contributed by atoms with Crippen LogP contribution in [0.5, 0.6) is 5.75 Å². The highest BCUT2D eigenvalue weighted by molar-refractivity contribution is 5.79. The number of benzene rings is 1. The predicted octanol–water partition coefficient (Wildman–Crippen LogP) is 4.17. The van der Waals surface area contributed by atoms with Gasteiger partial charge in [0.25, 0.3) is 0 Å². The summed E-state index contributed by atoms with van der Waals surface area (Å²) in [6.45, 7) is 0.865. The van der Waals surface area contributed by atoms with E-state index >= 15 is 0 Å². The molecule has 2 fully saturated rings. The van der Waals surface area contributed by atoms with Crippen LogP contribution >= 0.6 is 0 Å². The van der Waals surface area contributed by atoms with Crippen LogP contribution in [0.1, 0.15) is 44.9 Å². The summed E-state index contributed by atoms with van der Waals surface area (Å²) >= 11 is 0. The number of hydrogen-bond acceptors (Lipinski definition) is 2. The molecule has 0 bridgehead atoms. The molecule has 0 N–H and O–H groups in total. The molecule has 2 saturated carbocycles. The topological polar surface area (TPSA) is 27.1 Å². The maximum Gasteiger partial charge on any atom is 0.121 e. The summed E-state index contributed by atoms with van der Waals surface area (Å²) in [6.07, 6.45) is 11.2. The fraction of sp³-hybridized carbons (Fsp3) is 0.529. The van der Waals surface area contributed by atoms with Crippen molar-refractivity contribution < 1.29 is 4.74 Å². The van der Waals surface area contributed by atoms with Gasteiger partial charge in [-0.15, -0.1) is 0 Å². The number of hydrogen-bond donors (Lipinski definition) is 0. The van der Waals surface area contributed by atoms with Gasteiger partial charge in [-0.3, -0.25) is 4.68 Å². The summed E-state index contributed by atoms with van der Waals surface area (Å²) in [4.78, 5) is 0. The fourth-order valence-electron chi connectivity index (χ4n) is 2.94. The zero-order valence-corrected chi connectivity index (χ0v) is 11.8. The van der Waals surface area contributed by atoms with Crippen molar-refractivity contribution in [3.63, 3.8) is 0 Å². The molecule has 0 unspecified atom stereocenters. The first-order valence-electron chi connectivity index (χ1n) is 7.86. The highest BCUT2D eigenvalue weighted by Crippen LogP contribution is 2.31. The van der Waals surface area contributed by atoms with Crippen LogP contribution in [0.25, 0.3) is 10.9 Å². The Kier molecular flexibility index (Phi) is 3.13. The van der Waals surface area contributed by atoms with Gasteiger partial charge in [0.15, 0.2) is 0 Å². The number of aromatic nitrogens is 2. The predicted molar refractivity (Wildman–Crippen MR) is 79.7 cm³/mol. The highest BCUT2D eigenvalue weighted by atomic mass is 16.5. The Labute approximate surface area is 119 Å². The van der Waals surface area contributed by atoms with Crippen molar-refractivity contribution in [1.29, 1.82) is 0 Å². The molecule has 3 heteroatoms. The van der Waals surface area contributed by atoms with Crippen molar-refractivity contribution in [1.82, 2.24) is 9.78 Å². The van der Waals surface area contributed by atoms with Gasteiger partial charge in [0.1, 0.15) is 5.75 Å². The Hall–Kier alpha value is -1.51. The van der Waals surface area contributed by atoms with E-state index in [9.17, 15) is 0 Å². The molecule has 1 heterocycles. The second-order valence-corrected chi connectivity index (χ2v) is 6.18. The third-order valence-electron chi connectivity index (χ3n) is 4.42. The summed E-state index contributed by atoms with van der Waals surface area (Å²) in [6, 6.07) is 7.75. The van der Waals surface area contributed by atoms with Gasteiger partial charge in [0.2, 0.25) is 0 Å². The maximum atomic E-state index is 5.84. The van der Waals surface area contributed by atoms with E-state index in [2.05, 4.69) is 29.1 Å². The fourth-order valence-corrected chi connectivity index (χ4v) is 2.94. The smallest absolute Gasteiger partial charge is 0.121 e. The van der Waals surface area contributed by atoms with Crippen molar-refractivity contribution in [3.05, 3.63) is 30.4 Å². The molecule has 0 atom stereocenters. The van der Waals surface area contributed by atoms with E-state index in [1.165, 1.54) is 56.4 Å². The zero-order valence-electron chi connectivity index (χ0n) is 11.8. The molecular weight excluding hydrogens is 248 g/mol. The van der Waals surface area contributed by atoms with Crippen LogP contribution in [0.15, 0.2) is 24.4 Å². The van der Waals surface area contributed by atoms with Crippen LogP contribution in [-0.4, -0.2) is 16.4 Å². The number of fused-ring (bicyclic) bond motifs is 1. The molecule has 2 aliphatic carbocycles. The van der Waals surface area contributed by atoms with Crippen LogP contribution in [0, 0.1) is 12.0 Å². The van der Waals surface area contributed by atoms with Crippen molar-refractivity contribution in [2.75, 3.05) is 6.61 Å². The Morgan fingerprint density at radius 2 is 2.00 bits per heavy atom. The number of ether oxygens (including phenoxy) is 1. The Morgan fingerprint density at radius 3 is 2.80 bits per heavy atom. The molecule has 4 rings (SSSR count). The van der Waals surface area contributed by atoms with E-state index in [0.29, 0.717) is 0 Å². The Balaban J connectivity index is 1.54. The molecule has 2 aliphatic rings. The first kappa shape index (κ1) is 12.2. The monoisotopic (exact) mass is 269 g/mol. The normalized spacial score (nSPS) is 20.4. The van der Waals surface area contributed by atoms with Crippen molar-refractivity contribution in [2.24, 2.45) is 5.92 Å². The molecule has 3 nitrogen and oxygen atoms in total. The lowest BCUT2D eigenvalue weighted by Gasteiger charge is -2.20. The Morgan fingerprint density at radius 1 is 1.15 bits per heavy atom. The zero-order chi connectivity index (χ0) is 13.4. The SMILES string of the molecule is c1cc2cn([C]3CCCCC3)nc2cc1OCC1CC1. The van der Waals surface area contributed by atoms with Gasteiger partial charge < -0.3 is 4.74 Å². The van der Waals surface area contributed by atoms with Crippen LogP contribution in [0.3, 0.4) is 0 Å². The van der Waals surface area contributed by atoms with Crippen molar-refractivity contribution >= 4 is 10.9 Å². The van der Waals surface area contributed by atoms with Crippen LogP contribution < -0.4 is 4.74 Å². The molecule has 20 heavy (non-hydrogen) atoms. The molecule has 1 aromatic heterocycles. The lowest BCUT2D eigenvalue weighted by Crippen LogP contribution is -2.13. The van der Waals surface area contributed by atoms with Gasteiger partial charge in [0, 0.05) is 17.6 Å². The molecule has 105 valence electrons. The number of rotatable bonds is 4. The lowest BCUT2D eigenvalue weighted by atomic mass is 9.96. The minimum Gasteiger partial charge on any atom is -0.493 e. The summed E-state index contributed by atoms with van der Waals surface area (Å²) in [7, 11) is 0. The average molecular weight is 269 g/mol. The quantitative estimate of drug-likeness (QED) is 0.833. The first-order chi connectivity index (χ1) is 9.88. The molecule has 1 aromatic carbocycles. The minimum atomic E-state index is 0.793. The first-order valence-corrected chi connectivity index (χ1v) is 7.86. The highest BCUT2D eigenvalue weighted by Gasteiger charge is 2.22. The van der Waals surface area contributed by atoms with Crippen molar-refractivity contribution in [2.45, 2.75) is 44.9 Å². The Bertz CT molecular complexity index is 594. The second kappa shape index (κ2) is 5.12. The second-order valence-electron chi connectivity index (χ2n) is 6.18. The minimum absolute atomic E-state index is 0.793. The van der Waals surface area contributed by atoms with Gasteiger partial charge in [-0.05, 0) is 43.7 Å². The van der Waals surface area contributed by atoms with Crippen LogP contribution in [0.2, 0.25) is 0 Å². The van der Waals surface area contributed by atoms with E-state index in [1.54, 1.807) is 0 Å². The van der Waals surface area contributed by atoms with E-state index < -0.39 is 0 Å². The number of nitrogens with zero attached hydrogens (tertiary/aromatic N) is 2. The molecule has 0 amide bonds. The lowest BCUT2D eigenvalue weighted by molar-refractivity contribution is 0.300. The van der Waals surface area contributed by atoms with Gasteiger partial charge >= 0.3 is 0 Å². The van der Waals surface area contributed by atoms with E-state index in [1.807, 2.05) is 0 Å². The molecule has 0 saturated heterocycles. The van der Waals surface area contributed by atoms with Crippen LogP contribution in [-0.2, 0) is 0 Å². The summed E-state index contributed by atoms with van der Waals surface area (Å²) in [5.41, 5.74) is 1.05. The summed E-state index contributed by atoms with van der Waals surface area (Å²) < 4.78 is 7.94.